The summed E-state index contributed by atoms with van der Waals surface area (Å²) in [5.41, 5.74) is 5.75. The summed E-state index contributed by atoms with van der Waals surface area (Å²) in [5, 5.41) is 3.94. The molecule has 0 atom stereocenters. The van der Waals surface area contributed by atoms with Crippen LogP contribution in [0, 0.1) is 0 Å². The lowest BCUT2D eigenvalue weighted by Gasteiger charge is -2.10. The lowest BCUT2D eigenvalue weighted by Crippen LogP contribution is -2.28. The number of hydrogen-bond donors (Lipinski definition) is 1. The fourth-order valence-corrected chi connectivity index (χ4v) is 1.48. The van der Waals surface area contributed by atoms with E-state index in [0.717, 1.165) is 4.68 Å². The van der Waals surface area contributed by atoms with Crippen molar-refractivity contribution in [3.05, 3.63) is 11.8 Å². The second-order valence-electron chi connectivity index (χ2n) is 3.42. The lowest BCUT2D eigenvalue weighted by atomic mass is 10.5. The normalized spacial score (nSPS) is 10.1. The minimum absolute atomic E-state index is 0.0280. The fourth-order valence-electron chi connectivity index (χ4n) is 1.04. The highest BCUT2D eigenvalue weighted by Gasteiger charge is 2.17. The van der Waals surface area contributed by atoms with E-state index in [9.17, 15) is 9.59 Å². The Labute approximate surface area is 103 Å². The van der Waals surface area contributed by atoms with Gasteiger partial charge in [0, 0.05) is 25.9 Å². The highest BCUT2D eigenvalue weighted by Crippen LogP contribution is 2.17. The first-order valence-electron chi connectivity index (χ1n) is 4.72. The molecule has 1 aromatic heterocycles. The van der Waals surface area contributed by atoms with Gasteiger partial charge in [-0.3, -0.25) is 0 Å². The van der Waals surface area contributed by atoms with Gasteiger partial charge in [0.25, 0.3) is 0 Å². The first kappa shape index (κ1) is 13.4. The second-order valence-corrected chi connectivity index (χ2v) is 4.29. The maximum atomic E-state index is 11.4. The highest BCUT2D eigenvalue weighted by atomic mass is 32.2. The van der Waals surface area contributed by atoms with Crippen LogP contribution in [0.15, 0.2) is 6.07 Å². The zero-order chi connectivity index (χ0) is 13.0. The maximum Gasteiger partial charge on any atom is 0.416 e. The van der Waals surface area contributed by atoms with Crippen LogP contribution in [0.1, 0.15) is 5.69 Å². The van der Waals surface area contributed by atoms with Crippen molar-refractivity contribution in [2.75, 3.05) is 20.4 Å². The zero-order valence-corrected chi connectivity index (χ0v) is 10.7. The van der Waals surface area contributed by atoms with Crippen LogP contribution < -0.4 is 10.5 Å². The van der Waals surface area contributed by atoms with E-state index in [1.54, 1.807) is 0 Å². The van der Waals surface area contributed by atoms with Gasteiger partial charge in [-0.1, -0.05) is 0 Å². The van der Waals surface area contributed by atoms with E-state index >= 15 is 0 Å². The van der Waals surface area contributed by atoms with Crippen molar-refractivity contribution in [1.82, 2.24) is 14.7 Å². The van der Waals surface area contributed by atoms with E-state index in [-0.39, 0.29) is 5.88 Å². The van der Waals surface area contributed by atoms with E-state index in [0.29, 0.717) is 11.4 Å². The number of nitrogens with zero attached hydrogens (tertiary/aromatic N) is 3. The first-order valence-corrected chi connectivity index (χ1v) is 6.12. The number of nitrogens with two attached hydrogens (primary N) is 1. The summed E-state index contributed by atoms with van der Waals surface area (Å²) in [4.78, 5) is 23.7. The van der Waals surface area contributed by atoms with E-state index in [1.807, 2.05) is 6.26 Å². The summed E-state index contributed by atoms with van der Waals surface area (Å²) in [6.07, 6.45) is 1.30. The highest BCUT2D eigenvalue weighted by molar-refractivity contribution is 7.97. The first-order chi connectivity index (χ1) is 7.95. The number of carbonyl (C=O) groups is 2. The van der Waals surface area contributed by atoms with Gasteiger partial charge in [-0.2, -0.15) is 16.9 Å². The van der Waals surface area contributed by atoms with E-state index < -0.39 is 12.1 Å². The molecule has 2 amide bonds. The molecule has 8 heteroatoms. The molecule has 0 saturated heterocycles. The van der Waals surface area contributed by atoms with Crippen LogP contribution in [0.3, 0.4) is 0 Å². The molecule has 1 rings (SSSR count). The number of thioether (sulfide) groups is 1. The van der Waals surface area contributed by atoms with Crippen molar-refractivity contribution in [1.29, 1.82) is 0 Å². The number of aromatic nitrogens is 2. The summed E-state index contributed by atoms with van der Waals surface area (Å²) in [5.74, 6) is 0.632. The number of ether oxygens (including phenoxy) is 1. The maximum absolute atomic E-state index is 11.4. The fraction of sp³-hybridized carbons (Fsp3) is 0.444. The smallest absolute Gasteiger partial charge is 0.391 e. The van der Waals surface area contributed by atoms with Crippen LogP contribution in [0.4, 0.5) is 9.59 Å². The SMILES string of the molecule is CSCc1cc(OC(=O)N(C)C)n(C(N)=O)n1. The van der Waals surface area contributed by atoms with Gasteiger partial charge in [-0.25, -0.2) is 9.59 Å². The van der Waals surface area contributed by atoms with Crippen LogP contribution in [-0.4, -0.2) is 47.2 Å². The molecule has 2 N–H and O–H groups in total. The molecule has 0 fully saturated rings. The third-order valence-electron chi connectivity index (χ3n) is 1.79. The van der Waals surface area contributed by atoms with Crippen LogP contribution in [0.2, 0.25) is 0 Å². The zero-order valence-electron chi connectivity index (χ0n) is 9.84. The molecular formula is C9H14N4O3S. The van der Waals surface area contributed by atoms with Crippen molar-refractivity contribution in [2.24, 2.45) is 5.73 Å². The number of amides is 2. The van der Waals surface area contributed by atoms with Gasteiger partial charge in [0.05, 0.1) is 5.69 Å². The Morgan fingerprint density at radius 1 is 1.59 bits per heavy atom. The van der Waals surface area contributed by atoms with Crippen LogP contribution in [0.5, 0.6) is 5.88 Å². The number of carbonyl (C=O) groups excluding carboxylic acids is 2. The Morgan fingerprint density at radius 2 is 2.24 bits per heavy atom. The molecule has 1 heterocycles. The van der Waals surface area contributed by atoms with E-state index in [4.69, 9.17) is 10.5 Å². The molecule has 17 heavy (non-hydrogen) atoms. The van der Waals surface area contributed by atoms with Crippen LogP contribution >= 0.6 is 11.8 Å². The largest absolute Gasteiger partial charge is 0.416 e. The molecule has 0 saturated carbocycles. The van der Waals surface area contributed by atoms with Crippen LogP contribution in [-0.2, 0) is 5.75 Å². The van der Waals surface area contributed by atoms with Crippen molar-refractivity contribution >= 4 is 23.9 Å². The molecule has 0 unspecified atom stereocenters. The average molecular weight is 258 g/mol. The minimum atomic E-state index is -0.793. The molecule has 0 bridgehead atoms. The standard InChI is InChI=1S/C9H14N4O3S/c1-12(2)9(15)16-7-4-6(5-17-3)11-13(7)8(10)14/h4H,5H2,1-3H3,(H2,10,14). The number of hydrogen-bond acceptors (Lipinski definition) is 5. The Bertz CT molecular complexity index is 430. The topological polar surface area (TPSA) is 90.5 Å². The minimum Gasteiger partial charge on any atom is -0.391 e. The molecule has 0 radical (unpaired) electrons. The molecule has 0 aliphatic heterocycles. The van der Waals surface area contributed by atoms with Crippen LogP contribution in [0.25, 0.3) is 0 Å². The second kappa shape index (κ2) is 5.58. The third kappa shape index (κ3) is 3.38. The summed E-state index contributed by atoms with van der Waals surface area (Å²) in [6, 6.07) is 0.724. The average Bonchev–Trinajstić information content (AvgIpc) is 2.61. The monoisotopic (exact) mass is 258 g/mol. The van der Waals surface area contributed by atoms with Gasteiger partial charge < -0.3 is 15.4 Å². The number of primary amides is 1. The Balaban J connectivity index is 2.96. The Morgan fingerprint density at radius 3 is 2.71 bits per heavy atom. The molecule has 94 valence electrons. The molecule has 0 aliphatic rings. The quantitative estimate of drug-likeness (QED) is 0.863. The molecule has 0 spiro atoms. The predicted molar refractivity (Wildman–Crippen MR) is 64.1 cm³/mol. The van der Waals surface area contributed by atoms with Crippen molar-refractivity contribution in [3.8, 4) is 5.88 Å². The van der Waals surface area contributed by atoms with E-state index in [2.05, 4.69) is 5.10 Å². The summed E-state index contributed by atoms with van der Waals surface area (Å²) < 4.78 is 5.84. The van der Waals surface area contributed by atoms with E-state index in [1.165, 1.54) is 36.8 Å². The van der Waals surface area contributed by atoms with Gasteiger partial charge in [0.1, 0.15) is 0 Å². The van der Waals surface area contributed by atoms with Crippen molar-refractivity contribution < 1.29 is 14.3 Å². The van der Waals surface area contributed by atoms with Crippen molar-refractivity contribution in [2.45, 2.75) is 5.75 Å². The van der Waals surface area contributed by atoms with Gasteiger partial charge in [-0.15, -0.1) is 4.68 Å². The summed E-state index contributed by atoms with van der Waals surface area (Å²) in [7, 11) is 3.08. The number of rotatable bonds is 3. The van der Waals surface area contributed by atoms with Gasteiger partial charge in [0.2, 0.25) is 5.88 Å². The predicted octanol–water partition coefficient (Wildman–Crippen LogP) is 0.733. The summed E-state index contributed by atoms with van der Waals surface area (Å²) >= 11 is 1.53. The summed E-state index contributed by atoms with van der Waals surface area (Å²) in [6.45, 7) is 0. The Hall–Kier alpha value is -1.70. The molecule has 7 nitrogen and oxygen atoms in total. The Kier molecular flexibility index (Phi) is 4.38. The van der Waals surface area contributed by atoms with Gasteiger partial charge >= 0.3 is 12.1 Å². The molecular weight excluding hydrogens is 244 g/mol. The molecule has 0 aromatic carbocycles. The van der Waals surface area contributed by atoms with Gasteiger partial charge in [-0.05, 0) is 6.26 Å². The van der Waals surface area contributed by atoms with Crippen molar-refractivity contribution in [3.63, 3.8) is 0 Å². The molecule has 0 aliphatic carbocycles. The van der Waals surface area contributed by atoms with Gasteiger partial charge in [0.15, 0.2) is 0 Å². The third-order valence-corrected chi connectivity index (χ3v) is 2.37. The molecule has 1 aromatic rings. The lowest BCUT2D eigenvalue weighted by molar-refractivity contribution is 0.168.